The van der Waals surface area contributed by atoms with E-state index in [1.54, 1.807) is 84.9 Å². The predicted molar refractivity (Wildman–Crippen MR) is 165 cm³/mol. The van der Waals surface area contributed by atoms with Gasteiger partial charge in [-0.15, -0.1) is 0 Å². The van der Waals surface area contributed by atoms with Gasteiger partial charge in [-0.3, -0.25) is 4.79 Å². The van der Waals surface area contributed by atoms with Gasteiger partial charge in [-0.05, 0) is 71.6 Å². The van der Waals surface area contributed by atoms with Gasteiger partial charge in [-0.25, -0.2) is 14.0 Å². The first-order valence-electron chi connectivity index (χ1n) is 14.7. The van der Waals surface area contributed by atoms with Crippen LogP contribution in [0.5, 0.6) is 5.75 Å². The second-order valence-electron chi connectivity index (χ2n) is 10.8. The molecule has 1 amide bonds. The number of halogens is 1. The van der Waals surface area contributed by atoms with Crippen LogP contribution in [0, 0.1) is 11.7 Å². The van der Waals surface area contributed by atoms with Crippen LogP contribution in [0.25, 0.3) is 11.1 Å². The summed E-state index contributed by atoms with van der Waals surface area (Å²) >= 11 is 0. The molecule has 8 nitrogen and oxygen atoms in total. The van der Waals surface area contributed by atoms with Crippen molar-refractivity contribution in [2.75, 3.05) is 13.2 Å². The van der Waals surface area contributed by atoms with E-state index >= 15 is 0 Å². The lowest BCUT2D eigenvalue weighted by Gasteiger charge is -2.40. The monoisotopic (exact) mass is 611 g/mol. The normalized spacial score (nSPS) is 19.3. The molecule has 0 saturated carbocycles. The zero-order valence-electron chi connectivity index (χ0n) is 25.0. The minimum absolute atomic E-state index is 0.149. The Morgan fingerprint density at radius 3 is 2.09 bits per heavy atom. The molecular formula is C36H34FNO7. The van der Waals surface area contributed by atoms with E-state index in [4.69, 9.17) is 18.9 Å². The molecule has 5 rings (SSSR count). The van der Waals surface area contributed by atoms with Gasteiger partial charge in [0.2, 0.25) is 18.3 Å². The van der Waals surface area contributed by atoms with Gasteiger partial charge in [0.25, 0.3) is 0 Å². The summed E-state index contributed by atoms with van der Waals surface area (Å²) < 4.78 is 38.5. The summed E-state index contributed by atoms with van der Waals surface area (Å²) in [6.45, 7) is 3.85. The van der Waals surface area contributed by atoms with Crippen LogP contribution in [-0.2, 0) is 25.4 Å². The maximum absolute atomic E-state index is 14.2. The molecular weight excluding hydrogens is 577 g/mol. The highest BCUT2D eigenvalue weighted by molar-refractivity contribution is 5.90. The van der Waals surface area contributed by atoms with E-state index in [2.05, 4.69) is 5.32 Å². The average molecular weight is 612 g/mol. The molecule has 1 unspecified atom stereocenters. The largest absolute Gasteiger partial charge is 0.461 e. The van der Waals surface area contributed by atoms with E-state index in [1.165, 1.54) is 19.1 Å². The van der Waals surface area contributed by atoms with Crippen molar-refractivity contribution in [1.82, 2.24) is 5.32 Å². The molecule has 0 bridgehead atoms. The number of carbonyl (C=O) groups is 3. The van der Waals surface area contributed by atoms with Crippen molar-refractivity contribution < 1.29 is 37.7 Å². The molecule has 1 aliphatic rings. The van der Waals surface area contributed by atoms with Gasteiger partial charge in [0.1, 0.15) is 17.7 Å². The number of benzene rings is 4. The van der Waals surface area contributed by atoms with Gasteiger partial charge in [-0.1, -0.05) is 61.5 Å². The van der Waals surface area contributed by atoms with E-state index in [0.29, 0.717) is 41.0 Å². The molecule has 4 atom stereocenters. The Bertz CT molecular complexity index is 1630. The lowest BCUT2D eigenvalue weighted by Crippen LogP contribution is -2.55. The van der Waals surface area contributed by atoms with E-state index in [9.17, 15) is 18.8 Å². The molecule has 0 radical (unpaired) electrons. The maximum atomic E-state index is 14.2. The number of nitrogens with one attached hydrogen (secondary N) is 1. The number of ether oxygens (including phenoxy) is 4. The minimum atomic E-state index is -1.13. The molecule has 0 aliphatic carbocycles. The summed E-state index contributed by atoms with van der Waals surface area (Å²) in [6, 6.07) is 28.5. The number of amides is 1. The Balaban J connectivity index is 1.45. The van der Waals surface area contributed by atoms with Crippen molar-refractivity contribution in [2.24, 2.45) is 5.92 Å². The molecule has 1 N–H and O–H groups in total. The lowest BCUT2D eigenvalue weighted by molar-refractivity contribution is -0.225. The molecule has 1 saturated heterocycles. The molecule has 4 aromatic carbocycles. The first-order chi connectivity index (χ1) is 21.8. The first-order valence-corrected chi connectivity index (χ1v) is 14.7. The van der Waals surface area contributed by atoms with Crippen LogP contribution in [0.1, 0.15) is 40.1 Å². The van der Waals surface area contributed by atoms with E-state index in [0.717, 1.165) is 5.56 Å². The lowest BCUT2D eigenvalue weighted by atomic mass is 9.96. The quantitative estimate of drug-likeness (QED) is 0.220. The molecule has 0 aromatic heterocycles. The molecule has 1 heterocycles. The van der Waals surface area contributed by atoms with E-state index < -0.39 is 36.3 Å². The molecule has 4 aromatic rings. The smallest absolute Gasteiger partial charge is 0.338 e. The van der Waals surface area contributed by atoms with Crippen LogP contribution < -0.4 is 10.1 Å². The summed E-state index contributed by atoms with van der Waals surface area (Å²) in [7, 11) is 0. The fourth-order valence-corrected chi connectivity index (χ4v) is 5.13. The highest BCUT2D eigenvalue weighted by Crippen LogP contribution is 2.33. The van der Waals surface area contributed by atoms with Gasteiger partial charge in [0, 0.05) is 19.4 Å². The summed E-state index contributed by atoms with van der Waals surface area (Å²) in [5.74, 6) is -1.69. The first kappa shape index (κ1) is 31.4. The van der Waals surface area contributed by atoms with Crippen LogP contribution in [0.3, 0.4) is 0 Å². The third kappa shape index (κ3) is 8.13. The standard InChI is InChI=1S/C36H34FNO7/c1-23-22-42-36(43-30-17-16-25(18-19-38-24(2)39)31(21-30)28-14-9-15-29(37)20-28)33(45-35(41)27-12-7-4-8-13-27)32(23)44-34(40)26-10-5-3-6-11-26/h3-17,20-21,23,32-33,36H,18-19,22H2,1-2H3,(H,38,39)/t23-,32+,33+,36?/m0/s1. The van der Waals surface area contributed by atoms with Crippen molar-refractivity contribution in [3.05, 3.63) is 126 Å². The summed E-state index contributed by atoms with van der Waals surface area (Å²) in [5.41, 5.74) is 2.86. The minimum Gasteiger partial charge on any atom is -0.461 e. The number of esters is 2. The number of rotatable bonds is 10. The van der Waals surface area contributed by atoms with Gasteiger partial charge < -0.3 is 24.3 Å². The van der Waals surface area contributed by atoms with Crippen LogP contribution >= 0.6 is 0 Å². The third-order valence-electron chi connectivity index (χ3n) is 7.42. The fourth-order valence-electron chi connectivity index (χ4n) is 5.13. The molecule has 45 heavy (non-hydrogen) atoms. The zero-order chi connectivity index (χ0) is 31.8. The summed E-state index contributed by atoms with van der Waals surface area (Å²) in [6.07, 6.45) is -2.64. The molecule has 0 spiro atoms. The molecule has 232 valence electrons. The Labute approximate surface area is 261 Å². The molecule has 9 heteroatoms. The van der Waals surface area contributed by atoms with Gasteiger partial charge in [0.05, 0.1) is 17.7 Å². The zero-order valence-corrected chi connectivity index (χ0v) is 25.0. The number of hydrogen-bond acceptors (Lipinski definition) is 7. The Kier molecular flexibility index (Phi) is 10.2. The number of carbonyl (C=O) groups excluding carboxylic acids is 3. The Hall–Kier alpha value is -5.02. The molecule has 1 fully saturated rings. The second-order valence-corrected chi connectivity index (χ2v) is 10.8. The summed E-state index contributed by atoms with van der Waals surface area (Å²) in [5, 5.41) is 2.78. The second kappa shape index (κ2) is 14.6. The molecule has 1 aliphatic heterocycles. The highest BCUT2D eigenvalue weighted by atomic mass is 19.1. The van der Waals surface area contributed by atoms with Crippen molar-refractivity contribution in [3.63, 3.8) is 0 Å². The van der Waals surface area contributed by atoms with Crippen molar-refractivity contribution in [1.29, 1.82) is 0 Å². The Morgan fingerprint density at radius 2 is 1.47 bits per heavy atom. The maximum Gasteiger partial charge on any atom is 0.338 e. The van der Waals surface area contributed by atoms with Crippen molar-refractivity contribution in [2.45, 2.75) is 38.8 Å². The van der Waals surface area contributed by atoms with Crippen LogP contribution in [0.2, 0.25) is 0 Å². The predicted octanol–water partition coefficient (Wildman–Crippen LogP) is 5.99. The number of hydrogen-bond donors (Lipinski definition) is 1. The van der Waals surface area contributed by atoms with E-state index in [1.807, 2.05) is 13.0 Å². The third-order valence-corrected chi connectivity index (χ3v) is 7.42. The van der Waals surface area contributed by atoms with Gasteiger partial charge in [0.15, 0.2) is 0 Å². The van der Waals surface area contributed by atoms with Crippen LogP contribution in [-0.4, -0.2) is 49.5 Å². The Morgan fingerprint density at radius 1 is 0.822 bits per heavy atom. The van der Waals surface area contributed by atoms with Crippen molar-refractivity contribution >= 4 is 17.8 Å². The van der Waals surface area contributed by atoms with Crippen LogP contribution in [0.15, 0.2) is 103 Å². The summed E-state index contributed by atoms with van der Waals surface area (Å²) in [4.78, 5) is 37.8. The highest BCUT2D eigenvalue weighted by Gasteiger charge is 2.45. The van der Waals surface area contributed by atoms with Gasteiger partial charge >= 0.3 is 11.9 Å². The fraction of sp³-hybridized carbons (Fsp3) is 0.250. The van der Waals surface area contributed by atoms with Crippen molar-refractivity contribution in [3.8, 4) is 16.9 Å². The topological polar surface area (TPSA) is 100 Å². The van der Waals surface area contributed by atoms with Gasteiger partial charge in [-0.2, -0.15) is 0 Å². The SMILES string of the molecule is CC(=O)NCCc1ccc(OC2OC[C@H](C)[C@@H](OC(=O)c3ccccc3)[C@H]2OC(=O)c2ccccc2)cc1-c1cccc(F)c1. The van der Waals surface area contributed by atoms with E-state index in [-0.39, 0.29) is 18.4 Å². The van der Waals surface area contributed by atoms with Crippen LogP contribution in [0.4, 0.5) is 4.39 Å². The average Bonchev–Trinajstić information content (AvgIpc) is 3.05.